The van der Waals surface area contributed by atoms with E-state index in [0.29, 0.717) is 31.2 Å². The van der Waals surface area contributed by atoms with E-state index in [1.54, 1.807) is 4.90 Å². The first-order valence-electron chi connectivity index (χ1n) is 12.3. The number of nitrogens with zero attached hydrogens (tertiary/aromatic N) is 4. The van der Waals surface area contributed by atoms with Gasteiger partial charge in [0.1, 0.15) is 18.1 Å². The number of hydrogen-bond donors (Lipinski definition) is 0. The molecule has 178 valence electrons. The Morgan fingerprint density at radius 1 is 1.09 bits per heavy atom. The number of imidazole rings is 1. The van der Waals surface area contributed by atoms with Gasteiger partial charge in [-0.1, -0.05) is 31.2 Å². The van der Waals surface area contributed by atoms with Crippen LogP contribution in [-0.4, -0.2) is 52.5 Å². The van der Waals surface area contributed by atoms with Gasteiger partial charge in [-0.05, 0) is 49.9 Å². The number of anilines is 1. The van der Waals surface area contributed by atoms with Crippen LogP contribution in [0.4, 0.5) is 5.69 Å². The molecule has 2 saturated heterocycles. The number of carbonyl (C=O) groups is 2. The molecule has 2 amide bonds. The Labute approximate surface area is 200 Å². The Kier molecular flexibility index (Phi) is 6.26. The van der Waals surface area contributed by atoms with Gasteiger partial charge >= 0.3 is 0 Å². The molecule has 0 N–H and O–H groups in total. The van der Waals surface area contributed by atoms with Crippen LogP contribution in [0, 0.1) is 5.92 Å². The number of fused-ring (bicyclic) bond motifs is 1. The zero-order chi connectivity index (χ0) is 23.7. The molecule has 2 aromatic carbocycles. The lowest BCUT2D eigenvalue weighted by Gasteiger charge is -2.30. The first-order valence-corrected chi connectivity index (χ1v) is 12.3. The predicted octanol–water partition coefficient (Wildman–Crippen LogP) is 4.21. The second kappa shape index (κ2) is 9.49. The maximum Gasteiger partial charge on any atom is 0.242 e. The zero-order valence-corrected chi connectivity index (χ0v) is 19.9. The minimum Gasteiger partial charge on any atom is -0.492 e. The fourth-order valence-corrected chi connectivity index (χ4v) is 5.14. The molecule has 5 rings (SSSR count). The van der Waals surface area contributed by atoms with Gasteiger partial charge in [0, 0.05) is 32.0 Å². The summed E-state index contributed by atoms with van der Waals surface area (Å²) in [6.45, 7) is 7.11. The molecule has 0 bridgehead atoms. The van der Waals surface area contributed by atoms with Gasteiger partial charge in [0.2, 0.25) is 11.8 Å². The Balaban J connectivity index is 1.44. The first kappa shape index (κ1) is 22.4. The van der Waals surface area contributed by atoms with Crippen LogP contribution < -0.4 is 9.64 Å². The van der Waals surface area contributed by atoms with Crippen LogP contribution in [0.25, 0.3) is 11.0 Å². The molecule has 1 atom stereocenters. The topological polar surface area (TPSA) is 67.7 Å². The summed E-state index contributed by atoms with van der Waals surface area (Å²) in [5.74, 6) is 2.27. The van der Waals surface area contributed by atoms with Gasteiger partial charge in [-0.25, -0.2) is 4.98 Å². The number of aromatic nitrogens is 2. The highest BCUT2D eigenvalue weighted by Crippen LogP contribution is 2.37. The third kappa shape index (κ3) is 4.27. The fraction of sp³-hybridized carbons (Fsp3) is 0.444. The SMILES string of the molecule is CCOc1ccccc1N1CC(c2nc3ccccc3n2CC(=O)N2CCC(C)CC2)CC1=O. The lowest BCUT2D eigenvalue weighted by molar-refractivity contribution is -0.133. The number of hydrogen-bond acceptors (Lipinski definition) is 4. The predicted molar refractivity (Wildman–Crippen MR) is 132 cm³/mol. The van der Waals surface area contributed by atoms with Gasteiger partial charge < -0.3 is 19.1 Å². The lowest BCUT2D eigenvalue weighted by atomic mass is 9.99. The van der Waals surface area contributed by atoms with E-state index in [2.05, 4.69) is 6.92 Å². The molecule has 0 saturated carbocycles. The van der Waals surface area contributed by atoms with E-state index < -0.39 is 0 Å². The van der Waals surface area contributed by atoms with Crippen LogP contribution in [0.2, 0.25) is 0 Å². The fourth-order valence-electron chi connectivity index (χ4n) is 5.14. The summed E-state index contributed by atoms with van der Waals surface area (Å²) < 4.78 is 7.81. The Hall–Kier alpha value is -3.35. The van der Waals surface area contributed by atoms with E-state index in [0.717, 1.165) is 48.5 Å². The molecule has 7 nitrogen and oxygen atoms in total. The van der Waals surface area contributed by atoms with E-state index in [4.69, 9.17) is 9.72 Å². The van der Waals surface area contributed by atoms with E-state index in [1.807, 2.05) is 64.9 Å². The van der Waals surface area contributed by atoms with E-state index in [1.165, 1.54) is 0 Å². The van der Waals surface area contributed by atoms with Gasteiger partial charge in [0.15, 0.2) is 0 Å². The maximum atomic E-state index is 13.2. The molecule has 3 heterocycles. The largest absolute Gasteiger partial charge is 0.492 e. The van der Waals surface area contributed by atoms with Crippen molar-refractivity contribution >= 4 is 28.5 Å². The molecular formula is C27H32N4O3. The molecule has 3 aromatic rings. The summed E-state index contributed by atoms with van der Waals surface area (Å²) in [5, 5.41) is 0. The number of rotatable bonds is 6. The van der Waals surface area contributed by atoms with E-state index in [-0.39, 0.29) is 24.3 Å². The lowest BCUT2D eigenvalue weighted by Crippen LogP contribution is -2.40. The molecule has 2 aliphatic heterocycles. The Morgan fingerprint density at radius 3 is 2.62 bits per heavy atom. The van der Waals surface area contributed by atoms with Crippen molar-refractivity contribution in [2.75, 3.05) is 31.1 Å². The van der Waals surface area contributed by atoms with Crippen molar-refractivity contribution in [3.05, 3.63) is 54.4 Å². The summed E-state index contributed by atoms with van der Waals surface area (Å²) in [7, 11) is 0. The third-order valence-electron chi connectivity index (χ3n) is 7.06. The van der Waals surface area contributed by atoms with Gasteiger partial charge in [-0.2, -0.15) is 0 Å². The Morgan fingerprint density at radius 2 is 1.82 bits per heavy atom. The van der Waals surface area contributed by atoms with Gasteiger partial charge in [0.25, 0.3) is 0 Å². The number of para-hydroxylation sites is 4. The summed E-state index contributed by atoms with van der Waals surface area (Å²) in [5.41, 5.74) is 2.59. The molecule has 0 spiro atoms. The highest BCUT2D eigenvalue weighted by molar-refractivity contribution is 5.98. The summed E-state index contributed by atoms with van der Waals surface area (Å²) in [4.78, 5) is 35.0. The van der Waals surface area contributed by atoms with Crippen molar-refractivity contribution < 1.29 is 14.3 Å². The number of piperidine rings is 1. The molecule has 0 aliphatic carbocycles. The highest BCUT2D eigenvalue weighted by Gasteiger charge is 2.36. The number of benzene rings is 2. The number of carbonyl (C=O) groups excluding carboxylic acids is 2. The Bertz CT molecular complexity index is 1200. The normalized spacial score (nSPS) is 19.2. The van der Waals surface area contributed by atoms with Crippen LogP contribution in [0.3, 0.4) is 0 Å². The van der Waals surface area contributed by atoms with Gasteiger partial charge in [-0.15, -0.1) is 0 Å². The summed E-state index contributed by atoms with van der Waals surface area (Å²) in [6.07, 6.45) is 2.46. The van der Waals surface area contributed by atoms with Crippen molar-refractivity contribution in [1.82, 2.24) is 14.5 Å². The van der Waals surface area contributed by atoms with Crippen LogP contribution in [0.5, 0.6) is 5.75 Å². The molecule has 2 fully saturated rings. The monoisotopic (exact) mass is 460 g/mol. The molecule has 1 aromatic heterocycles. The molecule has 0 radical (unpaired) electrons. The number of ether oxygens (including phenoxy) is 1. The second-order valence-corrected chi connectivity index (χ2v) is 9.41. The van der Waals surface area contributed by atoms with Crippen LogP contribution >= 0.6 is 0 Å². The molecule has 7 heteroatoms. The van der Waals surface area contributed by atoms with Crippen molar-refractivity contribution in [2.45, 2.75) is 45.6 Å². The van der Waals surface area contributed by atoms with Crippen LogP contribution in [0.1, 0.15) is 44.9 Å². The summed E-state index contributed by atoms with van der Waals surface area (Å²) in [6, 6.07) is 15.6. The average Bonchev–Trinajstić information content (AvgIpc) is 3.40. The zero-order valence-electron chi connectivity index (χ0n) is 19.9. The van der Waals surface area contributed by atoms with Gasteiger partial charge in [0.05, 0.1) is 23.3 Å². The summed E-state index contributed by atoms with van der Waals surface area (Å²) >= 11 is 0. The van der Waals surface area contributed by atoms with Crippen molar-refractivity contribution in [2.24, 2.45) is 5.92 Å². The molecule has 34 heavy (non-hydrogen) atoms. The first-order chi connectivity index (χ1) is 16.5. The van der Waals surface area contributed by atoms with Gasteiger partial charge in [-0.3, -0.25) is 9.59 Å². The number of likely N-dealkylation sites (tertiary alicyclic amines) is 1. The third-order valence-corrected chi connectivity index (χ3v) is 7.06. The molecular weight excluding hydrogens is 428 g/mol. The molecule has 2 aliphatic rings. The minimum absolute atomic E-state index is 0.0482. The second-order valence-electron chi connectivity index (χ2n) is 9.41. The quantitative estimate of drug-likeness (QED) is 0.553. The van der Waals surface area contributed by atoms with Crippen molar-refractivity contribution in [3.8, 4) is 5.75 Å². The standard InChI is InChI=1S/C27H32N4O3/c1-3-34-24-11-7-6-10-23(24)30-17-20(16-25(30)32)27-28-21-8-4-5-9-22(21)31(27)18-26(33)29-14-12-19(2)13-15-29/h4-11,19-20H,3,12-18H2,1-2H3. The van der Waals surface area contributed by atoms with Crippen LogP contribution in [-0.2, 0) is 16.1 Å². The maximum absolute atomic E-state index is 13.2. The van der Waals surface area contributed by atoms with Crippen molar-refractivity contribution in [1.29, 1.82) is 0 Å². The number of amides is 2. The molecule has 1 unspecified atom stereocenters. The van der Waals surface area contributed by atoms with Crippen molar-refractivity contribution in [3.63, 3.8) is 0 Å². The smallest absolute Gasteiger partial charge is 0.242 e. The highest BCUT2D eigenvalue weighted by atomic mass is 16.5. The van der Waals surface area contributed by atoms with Crippen LogP contribution in [0.15, 0.2) is 48.5 Å². The van der Waals surface area contributed by atoms with E-state index in [9.17, 15) is 9.59 Å². The van der Waals surface area contributed by atoms with E-state index >= 15 is 0 Å². The minimum atomic E-state index is -0.0937. The average molecular weight is 461 g/mol.